The van der Waals surface area contributed by atoms with E-state index in [1.165, 1.54) is 25.7 Å². The Balaban J connectivity index is 2.97. The Kier molecular flexibility index (Phi) is 6.68. The van der Waals surface area contributed by atoms with Crippen molar-refractivity contribution in [3.8, 4) is 0 Å². The molecular weight excluding hydrogens is 120 g/mol. The molecule has 0 saturated heterocycles. The molecule has 0 bridgehead atoms. The van der Waals surface area contributed by atoms with Crippen LogP contribution in [0.1, 0.15) is 39.5 Å². The average molecular weight is 139 g/mol. The minimum Gasteiger partial charge on any atom is -0.0888 e. The Morgan fingerprint density at radius 1 is 1.40 bits per heavy atom. The molecule has 59 valence electrons. The van der Waals surface area contributed by atoms with Gasteiger partial charge < -0.3 is 0 Å². The van der Waals surface area contributed by atoms with Crippen LogP contribution in [0.4, 0.5) is 0 Å². The van der Waals surface area contributed by atoms with Crippen LogP contribution in [0.3, 0.4) is 0 Å². The van der Waals surface area contributed by atoms with E-state index in [1.807, 2.05) is 0 Å². The third-order valence-electron chi connectivity index (χ3n) is 1.47. The molecule has 0 fully saturated rings. The summed E-state index contributed by atoms with van der Waals surface area (Å²) in [6.07, 6.45) is 9.44. The smallest absolute Gasteiger partial charge is 0.0351 e. The molecule has 0 aliphatic rings. The molecule has 0 saturated carbocycles. The Morgan fingerprint density at radius 3 is 2.60 bits per heavy atom. The molecule has 0 spiro atoms. The molecule has 0 amide bonds. The van der Waals surface area contributed by atoms with Gasteiger partial charge in [0.15, 0.2) is 0 Å². The van der Waals surface area contributed by atoms with Crippen molar-refractivity contribution in [3.63, 3.8) is 0 Å². The first-order chi connectivity index (χ1) is 4.77. The Hall–Kier alpha value is -0.260. The van der Waals surface area contributed by atoms with Gasteiger partial charge in [-0.15, -0.1) is 0 Å². The third kappa shape index (κ3) is 7.74. The topological polar surface area (TPSA) is 0 Å². The van der Waals surface area contributed by atoms with Crippen molar-refractivity contribution in [2.24, 2.45) is 5.92 Å². The second-order valence-electron chi connectivity index (χ2n) is 2.92. The number of allylic oxidation sites excluding steroid dienone is 2. The first-order valence-electron chi connectivity index (χ1n) is 4.25. The SMILES string of the molecule is [CH2]C(C)CCCC=CCC. The van der Waals surface area contributed by atoms with E-state index in [9.17, 15) is 0 Å². The predicted molar refractivity (Wildman–Crippen MR) is 47.8 cm³/mol. The largest absolute Gasteiger partial charge is 0.0888 e. The number of hydrogen-bond acceptors (Lipinski definition) is 0. The maximum Gasteiger partial charge on any atom is -0.0351 e. The normalized spacial score (nSPS) is 11.6. The van der Waals surface area contributed by atoms with Gasteiger partial charge >= 0.3 is 0 Å². The van der Waals surface area contributed by atoms with Gasteiger partial charge in [0.05, 0.1) is 0 Å². The number of unbranched alkanes of at least 4 members (excludes halogenated alkanes) is 1. The van der Waals surface area contributed by atoms with Crippen molar-refractivity contribution in [3.05, 3.63) is 19.1 Å². The Labute approximate surface area is 65.3 Å². The van der Waals surface area contributed by atoms with Crippen LogP contribution in [-0.4, -0.2) is 0 Å². The lowest BCUT2D eigenvalue weighted by Crippen LogP contribution is -1.85. The first kappa shape index (κ1) is 9.74. The van der Waals surface area contributed by atoms with Crippen LogP contribution in [0.5, 0.6) is 0 Å². The fourth-order valence-corrected chi connectivity index (χ4v) is 0.869. The van der Waals surface area contributed by atoms with E-state index >= 15 is 0 Å². The van der Waals surface area contributed by atoms with E-state index in [-0.39, 0.29) is 0 Å². The van der Waals surface area contributed by atoms with Gasteiger partial charge in [-0.1, -0.05) is 39.3 Å². The lowest BCUT2D eigenvalue weighted by atomic mass is 10.1. The highest BCUT2D eigenvalue weighted by atomic mass is 14.0. The molecule has 10 heavy (non-hydrogen) atoms. The molecule has 0 N–H and O–H groups in total. The summed E-state index contributed by atoms with van der Waals surface area (Å²) in [6, 6.07) is 0. The monoisotopic (exact) mass is 139 g/mol. The highest BCUT2D eigenvalue weighted by Gasteiger charge is 1.90. The van der Waals surface area contributed by atoms with Crippen LogP contribution < -0.4 is 0 Å². The predicted octanol–water partition coefficient (Wildman–Crippen LogP) is 3.59. The number of rotatable bonds is 5. The molecule has 1 atom stereocenters. The minimum absolute atomic E-state index is 0.620. The van der Waals surface area contributed by atoms with Gasteiger partial charge in [-0.05, 0) is 25.2 Å². The van der Waals surface area contributed by atoms with Crippen molar-refractivity contribution < 1.29 is 0 Å². The van der Waals surface area contributed by atoms with Gasteiger partial charge in [0.1, 0.15) is 0 Å². The molecule has 0 rings (SSSR count). The van der Waals surface area contributed by atoms with Crippen molar-refractivity contribution in [2.45, 2.75) is 39.5 Å². The van der Waals surface area contributed by atoms with E-state index in [0.29, 0.717) is 5.92 Å². The zero-order valence-corrected chi connectivity index (χ0v) is 7.27. The summed E-state index contributed by atoms with van der Waals surface area (Å²) in [4.78, 5) is 0. The zero-order valence-electron chi connectivity index (χ0n) is 7.27. The first-order valence-corrected chi connectivity index (χ1v) is 4.25. The Bertz CT molecular complexity index is 80.0. The molecule has 0 heterocycles. The average Bonchev–Trinajstić information content (AvgIpc) is 1.87. The van der Waals surface area contributed by atoms with Crippen molar-refractivity contribution >= 4 is 0 Å². The van der Waals surface area contributed by atoms with Crippen LogP contribution >= 0.6 is 0 Å². The summed E-state index contributed by atoms with van der Waals surface area (Å²) in [7, 11) is 0. The number of hydrogen-bond donors (Lipinski definition) is 0. The lowest BCUT2D eigenvalue weighted by Gasteiger charge is -1.99. The van der Waals surface area contributed by atoms with Gasteiger partial charge in [0, 0.05) is 0 Å². The second-order valence-corrected chi connectivity index (χ2v) is 2.92. The van der Waals surface area contributed by atoms with Crippen molar-refractivity contribution in [2.75, 3.05) is 0 Å². The fraction of sp³-hybridized carbons (Fsp3) is 0.700. The maximum absolute atomic E-state index is 3.93. The van der Waals surface area contributed by atoms with Crippen LogP contribution in [0.15, 0.2) is 12.2 Å². The highest BCUT2D eigenvalue weighted by molar-refractivity contribution is 4.79. The minimum atomic E-state index is 0.620. The zero-order chi connectivity index (χ0) is 7.82. The van der Waals surface area contributed by atoms with Crippen LogP contribution in [0.25, 0.3) is 0 Å². The lowest BCUT2D eigenvalue weighted by molar-refractivity contribution is 0.608. The summed E-state index contributed by atoms with van der Waals surface area (Å²) < 4.78 is 0. The molecule has 0 aromatic rings. The summed E-state index contributed by atoms with van der Waals surface area (Å²) in [5, 5.41) is 0. The van der Waals surface area contributed by atoms with E-state index in [1.54, 1.807) is 0 Å². The quantitative estimate of drug-likeness (QED) is 0.403. The maximum atomic E-state index is 3.93. The second kappa shape index (κ2) is 6.85. The molecule has 1 unspecified atom stereocenters. The van der Waals surface area contributed by atoms with E-state index in [4.69, 9.17) is 0 Å². The van der Waals surface area contributed by atoms with Crippen LogP contribution in [0.2, 0.25) is 0 Å². The van der Waals surface area contributed by atoms with Gasteiger partial charge in [-0.3, -0.25) is 0 Å². The van der Waals surface area contributed by atoms with Gasteiger partial charge in [0.25, 0.3) is 0 Å². The molecule has 0 nitrogen and oxygen atoms in total. The Morgan fingerprint density at radius 2 is 2.10 bits per heavy atom. The van der Waals surface area contributed by atoms with Crippen LogP contribution in [0, 0.1) is 12.8 Å². The van der Waals surface area contributed by atoms with E-state index in [0.717, 1.165) is 0 Å². The van der Waals surface area contributed by atoms with Gasteiger partial charge in [-0.2, -0.15) is 0 Å². The summed E-state index contributed by atoms with van der Waals surface area (Å²) in [5.41, 5.74) is 0. The van der Waals surface area contributed by atoms with Crippen molar-refractivity contribution in [1.82, 2.24) is 0 Å². The van der Waals surface area contributed by atoms with Gasteiger partial charge in [-0.25, -0.2) is 0 Å². The molecule has 0 aromatic carbocycles. The summed E-state index contributed by atoms with van der Waals surface area (Å²) in [6.45, 7) is 8.27. The fourth-order valence-electron chi connectivity index (χ4n) is 0.869. The highest BCUT2D eigenvalue weighted by Crippen LogP contribution is 2.05. The van der Waals surface area contributed by atoms with Crippen LogP contribution in [-0.2, 0) is 0 Å². The van der Waals surface area contributed by atoms with Crippen molar-refractivity contribution in [1.29, 1.82) is 0 Å². The standard InChI is InChI=1S/C10H19/c1-4-5-6-7-8-9-10(2)3/h5-6,10H,2,4,7-9H2,1,3H3. The van der Waals surface area contributed by atoms with Gasteiger partial charge in [0.2, 0.25) is 0 Å². The third-order valence-corrected chi connectivity index (χ3v) is 1.47. The molecule has 0 aliphatic heterocycles. The van der Waals surface area contributed by atoms with E-state index in [2.05, 4.69) is 32.9 Å². The summed E-state index contributed by atoms with van der Waals surface area (Å²) >= 11 is 0. The molecule has 0 heteroatoms. The molecular formula is C10H19. The molecule has 0 aliphatic carbocycles. The molecule has 0 aromatic heterocycles. The molecule has 1 radical (unpaired) electrons. The summed E-state index contributed by atoms with van der Waals surface area (Å²) in [5.74, 6) is 0.620. The van der Waals surface area contributed by atoms with E-state index < -0.39 is 0 Å².